The molecule has 4 fully saturated rings. The van der Waals surface area contributed by atoms with Crippen molar-refractivity contribution in [3.8, 4) is 0 Å². The van der Waals surface area contributed by atoms with Crippen molar-refractivity contribution in [2.24, 2.45) is 10.9 Å². The van der Waals surface area contributed by atoms with E-state index in [2.05, 4.69) is 36.8 Å². The van der Waals surface area contributed by atoms with Gasteiger partial charge in [0.15, 0.2) is 5.96 Å². The zero-order valence-corrected chi connectivity index (χ0v) is 21.8. The average molecular weight is 550 g/mol. The van der Waals surface area contributed by atoms with Gasteiger partial charge in [0.2, 0.25) is 5.91 Å². The van der Waals surface area contributed by atoms with Crippen LogP contribution in [-0.4, -0.2) is 96.5 Å². The number of piperazine rings is 1. The number of hydrogen-bond donors (Lipinski definition) is 1. The summed E-state index contributed by atoms with van der Waals surface area (Å²) in [5, 5.41) is 3.62. The highest BCUT2D eigenvalue weighted by Crippen LogP contribution is 2.42. The minimum atomic E-state index is 0. The van der Waals surface area contributed by atoms with E-state index in [1.807, 2.05) is 7.05 Å². The molecule has 6 nitrogen and oxygen atoms in total. The Bertz CT molecular complexity index is 581. The molecule has 0 radical (unpaired) electrons. The summed E-state index contributed by atoms with van der Waals surface area (Å²) < 4.78 is 0.470. The molecule has 8 heteroatoms. The summed E-state index contributed by atoms with van der Waals surface area (Å²) >= 11 is 2.21. The molecule has 2 saturated heterocycles. The van der Waals surface area contributed by atoms with Crippen LogP contribution >= 0.6 is 35.7 Å². The van der Waals surface area contributed by atoms with E-state index in [0.29, 0.717) is 16.6 Å². The fourth-order valence-corrected chi connectivity index (χ4v) is 6.86. The van der Waals surface area contributed by atoms with Crippen molar-refractivity contribution in [1.29, 1.82) is 0 Å². The third-order valence-corrected chi connectivity index (χ3v) is 8.91. The van der Waals surface area contributed by atoms with Gasteiger partial charge in [-0.2, -0.15) is 11.8 Å². The van der Waals surface area contributed by atoms with Crippen molar-refractivity contribution >= 4 is 47.6 Å². The molecule has 4 aliphatic rings. The van der Waals surface area contributed by atoms with E-state index in [1.54, 1.807) is 0 Å². The van der Waals surface area contributed by atoms with Crippen LogP contribution in [0, 0.1) is 5.92 Å². The Balaban J connectivity index is 0.00000256. The van der Waals surface area contributed by atoms with Crippen LogP contribution in [0.5, 0.6) is 0 Å². The standard InChI is InChI=1S/C22H39N5OS.HI/c1-23-21(27-16-17-29-22(18-27)8-3-2-4-9-22)24-10-11-25-12-14-26(15-13-25)20(28)19-6-5-7-19;/h19H,2-18H2,1H3,(H,23,24);1H. The largest absolute Gasteiger partial charge is 0.355 e. The third kappa shape index (κ3) is 5.97. The summed E-state index contributed by atoms with van der Waals surface area (Å²) in [5.74, 6) is 3.04. The Morgan fingerprint density at radius 1 is 1.03 bits per heavy atom. The van der Waals surface area contributed by atoms with Gasteiger partial charge in [-0.25, -0.2) is 0 Å². The first-order valence-electron chi connectivity index (χ1n) is 11.8. The van der Waals surface area contributed by atoms with Crippen molar-refractivity contribution in [1.82, 2.24) is 20.0 Å². The molecule has 2 aliphatic heterocycles. The summed E-state index contributed by atoms with van der Waals surface area (Å²) in [6.07, 6.45) is 10.4. The number of rotatable bonds is 4. The first-order chi connectivity index (χ1) is 14.2. The van der Waals surface area contributed by atoms with Crippen LogP contribution < -0.4 is 5.32 Å². The summed E-state index contributed by atoms with van der Waals surface area (Å²) in [6.45, 7) is 8.02. The molecular formula is C22H40IN5OS. The maximum atomic E-state index is 12.4. The molecule has 1 N–H and O–H groups in total. The van der Waals surface area contributed by atoms with Gasteiger partial charge in [0.25, 0.3) is 0 Å². The normalized spacial score (nSPS) is 25.6. The lowest BCUT2D eigenvalue weighted by Crippen LogP contribution is -2.55. The van der Waals surface area contributed by atoms with Crippen LogP contribution in [0.3, 0.4) is 0 Å². The molecule has 2 saturated carbocycles. The number of carbonyl (C=O) groups excluding carboxylic acids is 1. The van der Waals surface area contributed by atoms with E-state index in [9.17, 15) is 4.79 Å². The molecule has 0 aromatic heterocycles. The monoisotopic (exact) mass is 549 g/mol. The van der Waals surface area contributed by atoms with Crippen LogP contribution in [0.4, 0.5) is 0 Å². The molecule has 0 aromatic rings. The molecule has 0 aromatic carbocycles. The molecule has 2 heterocycles. The second-order valence-electron chi connectivity index (χ2n) is 9.28. The SMILES string of the molecule is CN=C(NCCN1CCN(C(=O)C2CCC2)CC1)N1CCSC2(CCCCC2)C1.I. The number of nitrogens with one attached hydrogen (secondary N) is 1. The van der Waals surface area contributed by atoms with Crippen LogP contribution in [0.1, 0.15) is 51.4 Å². The van der Waals surface area contributed by atoms with Gasteiger partial charge in [0, 0.05) is 75.8 Å². The highest BCUT2D eigenvalue weighted by atomic mass is 127. The second kappa shape index (κ2) is 11.6. The number of amides is 1. The minimum absolute atomic E-state index is 0. The van der Waals surface area contributed by atoms with Crippen LogP contribution in [0.15, 0.2) is 4.99 Å². The third-order valence-electron chi connectivity index (χ3n) is 7.37. The van der Waals surface area contributed by atoms with Gasteiger partial charge in [0.05, 0.1) is 0 Å². The Morgan fingerprint density at radius 3 is 2.40 bits per heavy atom. The molecule has 172 valence electrons. The molecule has 1 amide bonds. The minimum Gasteiger partial charge on any atom is -0.355 e. The van der Waals surface area contributed by atoms with Gasteiger partial charge < -0.3 is 15.1 Å². The van der Waals surface area contributed by atoms with E-state index in [1.165, 1.54) is 44.3 Å². The number of nitrogens with zero attached hydrogens (tertiary/aromatic N) is 4. The zero-order chi connectivity index (χ0) is 20.1. The van der Waals surface area contributed by atoms with Gasteiger partial charge in [-0.05, 0) is 25.7 Å². The summed E-state index contributed by atoms with van der Waals surface area (Å²) in [6, 6.07) is 0. The smallest absolute Gasteiger partial charge is 0.225 e. The first-order valence-corrected chi connectivity index (χ1v) is 12.8. The molecular weight excluding hydrogens is 509 g/mol. The van der Waals surface area contributed by atoms with Gasteiger partial charge in [-0.15, -0.1) is 24.0 Å². The maximum Gasteiger partial charge on any atom is 0.225 e. The Hall–Kier alpha value is -0.220. The lowest BCUT2D eigenvalue weighted by molar-refractivity contribution is -0.139. The number of aliphatic imine (C=N–C) groups is 1. The lowest BCUT2D eigenvalue weighted by atomic mass is 9.84. The molecule has 1 spiro atoms. The summed E-state index contributed by atoms with van der Waals surface area (Å²) in [4.78, 5) is 24.1. The van der Waals surface area contributed by atoms with E-state index >= 15 is 0 Å². The number of halogens is 1. The second-order valence-corrected chi connectivity index (χ2v) is 10.8. The Labute approximate surface area is 204 Å². The number of carbonyl (C=O) groups is 1. The van der Waals surface area contributed by atoms with Crippen LogP contribution in [0.2, 0.25) is 0 Å². The quantitative estimate of drug-likeness (QED) is 0.332. The topological polar surface area (TPSA) is 51.2 Å². The molecule has 0 atom stereocenters. The highest BCUT2D eigenvalue weighted by Gasteiger charge is 2.38. The van der Waals surface area contributed by atoms with E-state index in [4.69, 9.17) is 0 Å². The summed E-state index contributed by atoms with van der Waals surface area (Å²) in [5.41, 5.74) is 0. The van der Waals surface area contributed by atoms with Crippen LogP contribution in [-0.2, 0) is 4.79 Å². The van der Waals surface area contributed by atoms with Crippen molar-refractivity contribution in [2.75, 3.05) is 65.2 Å². The van der Waals surface area contributed by atoms with Crippen molar-refractivity contribution in [3.05, 3.63) is 0 Å². The molecule has 0 bridgehead atoms. The predicted octanol–water partition coefficient (Wildman–Crippen LogP) is 2.88. The van der Waals surface area contributed by atoms with E-state index in [-0.39, 0.29) is 24.0 Å². The molecule has 0 unspecified atom stereocenters. The van der Waals surface area contributed by atoms with Gasteiger partial charge in [-0.1, -0.05) is 25.7 Å². The first kappa shape index (κ1) is 24.4. The molecule has 2 aliphatic carbocycles. The Kier molecular flexibility index (Phi) is 9.43. The average Bonchev–Trinajstić information content (AvgIpc) is 2.71. The number of hydrogen-bond acceptors (Lipinski definition) is 4. The van der Waals surface area contributed by atoms with Gasteiger partial charge in [0.1, 0.15) is 0 Å². The van der Waals surface area contributed by atoms with Crippen LogP contribution in [0.25, 0.3) is 0 Å². The van der Waals surface area contributed by atoms with E-state index < -0.39 is 0 Å². The fraction of sp³-hybridized carbons (Fsp3) is 0.909. The summed E-state index contributed by atoms with van der Waals surface area (Å²) in [7, 11) is 1.92. The maximum absolute atomic E-state index is 12.4. The van der Waals surface area contributed by atoms with Gasteiger partial charge >= 0.3 is 0 Å². The number of thioether (sulfide) groups is 1. The van der Waals surface area contributed by atoms with Crippen molar-refractivity contribution < 1.29 is 4.79 Å². The molecule has 4 rings (SSSR count). The lowest BCUT2D eigenvalue weighted by Gasteiger charge is -2.45. The predicted molar refractivity (Wildman–Crippen MR) is 137 cm³/mol. The van der Waals surface area contributed by atoms with Crippen molar-refractivity contribution in [3.63, 3.8) is 0 Å². The fourth-order valence-electron chi connectivity index (χ4n) is 5.29. The van der Waals surface area contributed by atoms with E-state index in [0.717, 1.165) is 71.2 Å². The highest BCUT2D eigenvalue weighted by molar-refractivity contribution is 14.0. The van der Waals surface area contributed by atoms with Crippen molar-refractivity contribution in [2.45, 2.75) is 56.1 Å². The zero-order valence-electron chi connectivity index (χ0n) is 18.6. The number of guanidine groups is 1. The molecule has 30 heavy (non-hydrogen) atoms. The van der Waals surface area contributed by atoms with Gasteiger partial charge in [-0.3, -0.25) is 14.7 Å². The Morgan fingerprint density at radius 2 is 1.77 bits per heavy atom.